The Morgan fingerprint density at radius 2 is 2.14 bits per heavy atom. The lowest BCUT2D eigenvalue weighted by molar-refractivity contribution is 0.621. The normalized spacial score (nSPS) is 10.8. The first-order valence-electron chi connectivity index (χ1n) is 6.13. The molecule has 7 heteroatoms. The topological polar surface area (TPSA) is 70.1 Å². The van der Waals surface area contributed by atoms with Gasteiger partial charge < -0.3 is 5.32 Å². The van der Waals surface area contributed by atoms with Crippen molar-refractivity contribution in [3.63, 3.8) is 0 Å². The van der Waals surface area contributed by atoms with Crippen molar-refractivity contribution in [1.29, 1.82) is 0 Å². The molecule has 0 saturated heterocycles. The van der Waals surface area contributed by atoms with Crippen molar-refractivity contribution in [3.8, 4) is 0 Å². The van der Waals surface area contributed by atoms with E-state index in [0.717, 1.165) is 9.09 Å². The molecule has 0 amide bonds. The fourth-order valence-corrected chi connectivity index (χ4v) is 2.52. The molecular formula is C14H10FIN4O. The SMILES string of the molecule is Cc1c(I)ccc(Nc2c(N=O)ccc3[nH]ncc23)c1F. The summed E-state index contributed by atoms with van der Waals surface area (Å²) in [6.45, 7) is 1.71. The summed E-state index contributed by atoms with van der Waals surface area (Å²) in [5, 5.41) is 13.4. The number of fused-ring (bicyclic) bond motifs is 1. The molecule has 1 heterocycles. The predicted molar refractivity (Wildman–Crippen MR) is 88.7 cm³/mol. The van der Waals surface area contributed by atoms with Gasteiger partial charge in [0.05, 0.1) is 23.1 Å². The van der Waals surface area contributed by atoms with Crippen molar-refractivity contribution in [2.45, 2.75) is 6.92 Å². The Balaban J connectivity index is 2.15. The molecule has 0 radical (unpaired) electrons. The van der Waals surface area contributed by atoms with Gasteiger partial charge in [0.2, 0.25) is 0 Å². The average Bonchev–Trinajstić information content (AvgIpc) is 2.96. The van der Waals surface area contributed by atoms with Crippen LogP contribution in [0.5, 0.6) is 0 Å². The lowest BCUT2D eigenvalue weighted by atomic mass is 10.1. The summed E-state index contributed by atoms with van der Waals surface area (Å²) >= 11 is 2.07. The molecule has 0 spiro atoms. The Hall–Kier alpha value is -2.03. The zero-order valence-corrected chi connectivity index (χ0v) is 13.1. The number of rotatable bonds is 3. The van der Waals surface area contributed by atoms with Crippen LogP contribution in [0.15, 0.2) is 35.6 Å². The third-order valence-electron chi connectivity index (χ3n) is 3.28. The summed E-state index contributed by atoms with van der Waals surface area (Å²) in [6.07, 6.45) is 1.57. The van der Waals surface area contributed by atoms with E-state index in [1.165, 1.54) is 0 Å². The van der Waals surface area contributed by atoms with Crippen LogP contribution in [0, 0.1) is 21.2 Å². The number of anilines is 2. The minimum atomic E-state index is -0.348. The molecule has 0 aliphatic heterocycles. The second kappa shape index (κ2) is 5.40. The number of aromatic amines is 1. The number of nitroso groups, excluding NO2 is 1. The van der Waals surface area contributed by atoms with Gasteiger partial charge in [-0.1, -0.05) is 0 Å². The van der Waals surface area contributed by atoms with Gasteiger partial charge in [0.15, 0.2) is 5.82 Å². The van der Waals surface area contributed by atoms with E-state index in [2.05, 4.69) is 43.3 Å². The van der Waals surface area contributed by atoms with Gasteiger partial charge in [-0.2, -0.15) is 5.10 Å². The first-order valence-corrected chi connectivity index (χ1v) is 7.20. The number of halogens is 2. The molecule has 106 valence electrons. The zero-order chi connectivity index (χ0) is 15.0. The van der Waals surface area contributed by atoms with Crippen LogP contribution >= 0.6 is 22.6 Å². The quantitative estimate of drug-likeness (QED) is 0.496. The van der Waals surface area contributed by atoms with Gasteiger partial charge in [0, 0.05) is 14.5 Å². The molecule has 21 heavy (non-hydrogen) atoms. The summed E-state index contributed by atoms with van der Waals surface area (Å²) < 4.78 is 15.1. The summed E-state index contributed by atoms with van der Waals surface area (Å²) in [5.41, 5.74) is 2.25. The number of aromatic nitrogens is 2. The number of nitrogens with zero attached hydrogens (tertiary/aromatic N) is 2. The number of H-pyrrole nitrogens is 1. The van der Waals surface area contributed by atoms with E-state index >= 15 is 0 Å². The smallest absolute Gasteiger partial charge is 0.150 e. The highest BCUT2D eigenvalue weighted by Gasteiger charge is 2.14. The van der Waals surface area contributed by atoms with E-state index in [1.54, 1.807) is 31.3 Å². The van der Waals surface area contributed by atoms with Gasteiger partial charge in [0.25, 0.3) is 0 Å². The second-order valence-corrected chi connectivity index (χ2v) is 5.70. The Morgan fingerprint density at radius 1 is 1.33 bits per heavy atom. The summed E-state index contributed by atoms with van der Waals surface area (Å²) in [5.74, 6) is -0.348. The van der Waals surface area contributed by atoms with Crippen LogP contribution in [0.1, 0.15) is 5.56 Å². The van der Waals surface area contributed by atoms with Crippen LogP contribution < -0.4 is 5.32 Å². The molecular weight excluding hydrogens is 386 g/mol. The second-order valence-electron chi connectivity index (χ2n) is 4.54. The van der Waals surface area contributed by atoms with Crippen LogP contribution in [0.2, 0.25) is 0 Å². The molecule has 0 fully saturated rings. The van der Waals surface area contributed by atoms with E-state index in [0.29, 0.717) is 22.3 Å². The Kier molecular flexibility index (Phi) is 3.58. The van der Waals surface area contributed by atoms with E-state index in [1.807, 2.05) is 6.07 Å². The van der Waals surface area contributed by atoms with Crippen LogP contribution in [-0.2, 0) is 0 Å². The monoisotopic (exact) mass is 396 g/mol. The highest BCUT2D eigenvalue weighted by molar-refractivity contribution is 14.1. The molecule has 0 unspecified atom stereocenters. The third-order valence-corrected chi connectivity index (χ3v) is 4.45. The molecule has 0 atom stereocenters. The minimum absolute atomic E-state index is 0.208. The molecule has 0 bridgehead atoms. The Morgan fingerprint density at radius 3 is 2.90 bits per heavy atom. The third kappa shape index (κ3) is 2.37. The van der Waals surface area contributed by atoms with Crippen LogP contribution in [-0.4, -0.2) is 10.2 Å². The van der Waals surface area contributed by atoms with Crippen molar-refractivity contribution in [2.24, 2.45) is 5.18 Å². The maximum Gasteiger partial charge on any atom is 0.150 e. The Bertz CT molecular complexity index is 846. The number of hydrogen-bond acceptors (Lipinski definition) is 4. The minimum Gasteiger partial charge on any atom is -0.351 e. The van der Waals surface area contributed by atoms with Gasteiger partial charge in [-0.05, 0) is 59.0 Å². The van der Waals surface area contributed by atoms with Gasteiger partial charge in [-0.25, -0.2) is 4.39 Å². The van der Waals surface area contributed by atoms with Crippen molar-refractivity contribution in [2.75, 3.05) is 5.32 Å². The molecule has 0 aliphatic rings. The lowest BCUT2D eigenvalue weighted by Gasteiger charge is -2.12. The lowest BCUT2D eigenvalue weighted by Crippen LogP contribution is -1.98. The fourth-order valence-electron chi connectivity index (χ4n) is 2.11. The van der Waals surface area contributed by atoms with E-state index in [-0.39, 0.29) is 11.5 Å². The van der Waals surface area contributed by atoms with Gasteiger partial charge in [0.1, 0.15) is 5.69 Å². The largest absolute Gasteiger partial charge is 0.351 e. The molecule has 2 N–H and O–H groups in total. The average molecular weight is 396 g/mol. The molecule has 0 saturated carbocycles. The van der Waals surface area contributed by atoms with Crippen LogP contribution in [0.3, 0.4) is 0 Å². The first kappa shape index (κ1) is 13.9. The van der Waals surface area contributed by atoms with E-state index in [4.69, 9.17) is 0 Å². The zero-order valence-electron chi connectivity index (χ0n) is 10.9. The van der Waals surface area contributed by atoms with E-state index in [9.17, 15) is 9.30 Å². The molecule has 1 aromatic heterocycles. The number of nitrogens with one attached hydrogen (secondary N) is 2. The Labute approximate surface area is 133 Å². The van der Waals surface area contributed by atoms with Crippen LogP contribution in [0.25, 0.3) is 10.9 Å². The molecule has 5 nitrogen and oxygen atoms in total. The van der Waals surface area contributed by atoms with E-state index < -0.39 is 0 Å². The van der Waals surface area contributed by atoms with Gasteiger partial charge in [-0.3, -0.25) is 5.10 Å². The predicted octanol–water partition coefficient (Wildman–Crippen LogP) is 4.76. The number of benzene rings is 2. The van der Waals surface area contributed by atoms with Gasteiger partial charge in [-0.15, -0.1) is 4.91 Å². The van der Waals surface area contributed by atoms with Crippen molar-refractivity contribution >= 4 is 50.6 Å². The van der Waals surface area contributed by atoms with Crippen molar-refractivity contribution < 1.29 is 4.39 Å². The van der Waals surface area contributed by atoms with Crippen LogP contribution in [0.4, 0.5) is 21.5 Å². The molecule has 2 aromatic carbocycles. The number of hydrogen-bond donors (Lipinski definition) is 2. The highest BCUT2D eigenvalue weighted by atomic mass is 127. The van der Waals surface area contributed by atoms with Crippen molar-refractivity contribution in [1.82, 2.24) is 10.2 Å². The fraction of sp³-hybridized carbons (Fsp3) is 0.0714. The molecule has 3 rings (SSSR count). The summed E-state index contributed by atoms with van der Waals surface area (Å²) in [7, 11) is 0. The maximum atomic E-state index is 14.3. The first-order chi connectivity index (χ1) is 10.1. The standard InChI is InChI=1S/C14H10FIN4O/c1-7-9(16)2-3-11(13(7)15)18-14-8-6-17-19-10(8)4-5-12(14)20-21/h2-6,18H,1H3,(H,17,19). The highest BCUT2D eigenvalue weighted by Crippen LogP contribution is 2.36. The molecule has 0 aliphatic carbocycles. The molecule has 3 aromatic rings. The van der Waals surface area contributed by atoms with Crippen molar-refractivity contribution in [3.05, 3.63) is 50.3 Å². The summed E-state index contributed by atoms with van der Waals surface area (Å²) in [4.78, 5) is 11.0. The maximum absolute atomic E-state index is 14.3. The van der Waals surface area contributed by atoms with Gasteiger partial charge >= 0.3 is 0 Å². The summed E-state index contributed by atoms with van der Waals surface area (Å²) in [6, 6.07) is 6.72.